The van der Waals surface area contributed by atoms with Crippen LogP contribution in [0.15, 0.2) is 48.5 Å². The number of ether oxygens (including phenoxy) is 1. The fourth-order valence-electron chi connectivity index (χ4n) is 4.18. The van der Waals surface area contributed by atoms with Crippen LogP contribution in [0.3, 0.4) is 0 Å². The first-order chi connectivity index (χ1) is 11.8. The standard InChI is InChI=1S/C21H23NO2/c1-2-15-8-7-13-22(15)21(23)24-14-20-18-11-5-3-9-16(18)17-10-4-6-12-19(17)20/h3-6,9-12,15,20H,2,7-8,13-14H2,1H3. The van der Waals surface area contributed by atoms with Crippen LogP contribution in [0.25, 0.3) is 11.1 Å². The first-order valence-corrected chi connectivity index (χ1v) is 8.91. The molecular weight excluding hydrogens is 298 g/mol. The van der Waals surface area contributed by atoms with Crippen molar-refractivity contribution in [3.63, 3.8) is 0 Å². The van der Waals surface area contributed by atoms with Gasteiger partial charge >= 0.3 is 6.09 Å². The Hall–Kier alpha value is -2.29. The van der Waals surface area contributed by atoms with Crippen molar-refractivity contribution < 1.29 is 9.53 Å². The predicted molar refractivity (Wildman–Crippen MR) is 95.1 cm³/mol. The largest absolute Gasteiger partial charge is 0.448 e. The van der Waals surface area contributed by atoms with Gasteiger partial charge in [0.1, 0.15) is 6.61 Å². The van der Waals surface area contributed by atoms with Crippen LogP contribution in [-0.4, -0.2) is 30.2 Å². The number of hydrogen-bond acceptors (Lipinski definition) is 2. The van der Waals surface area contributed by atoms with Gasteiger partial charge in [0, 0.05) is 18.5 Å². The molecule has 2 aromatic carbocycles. The zero-order chi connectivity index (χ0) is 16.5. The molecule has 2 aliphatic rings. The topological polar surface area (TPSA) is 29.5 Å². The summed E-state index contributed by atoms with van der Waals surface area (Å²) >= 11 is 0. The van der Waals surface area contributed by atoms with Crippen LogP contribution < -0.4 is 0 Å². The minimum atomic E-state index is -0.152. The summed E-state index contributed by atoms with van der Waals surface area (Å²) in [6, 6.07) is 17.2. The number of fused-ring (bicyclic) bond motifs is 3. The van der Waals surface area contributed by atoms with Crippen LogP contribution >= 0.6 is 0 Å². The molecular formula is C21H23NO2. The van der Waals surface area contributed by atoms with E-state index in [0.717, 1.165) is 25.8 Å². The number of benzene rings is 2. The van der Waals surface area contributed by atoms with Crippen molar-refractivity contribution in [2.75, 3.05) is 13.2 Å². The van der Waals surface area contributed by atoms with E-state index in [-0.39, 0.29) is 12.0 Å². The van der Waals surface area contributed by atoms with Gasteiger partial charge in [-0.15, -0.1) is 0 Å². The van der Waals surface area contributed by atoms with Crippen molar-refractivity contribution in [1.82, 2.24) is 4.90 Å². The van der Waals surface area contributed by atoms with Gasteiger partial charge in [-0.3, -0.25) is 0 Å². The fourth-order valence-corrected chi connectivity index (χ4v) is 4.18. The number of carbonyl (C=O) groups is 1. The Morgan fingerprint density at radius 2 is 1.71 bits per heavy atom. The molecule has 0 spiro atoms. The normalized spacial score (nSPS) is 19.2. The molecule has 1 heterocycles. The first kappa shape index (κ1) is 15.3. The van der Waals surface area contributed by atoms with Gasteiger partial charge in [-0.25, -0.2) is 4.79 Å². The molecule has 1 aliphatic carbocycles. The van der Waals surface area contributed by atoms with Crippen LogP contribution in [0.2, 0.25) is 0 Å². The van der Waals surface area contributed by atoms with Crippen LogP contribution in [0, 0.1) is 0 Å². The molecule has 1 fully saturated rings. The van der Waals surface area contributed by atoms with Crippen LogP contribution in [-0.2, 0) is 4.74 Å². The molecule has 1 atom stereocenters. The number of likely N-dealkylation sites (tertiary alicyclic amines) is 1. The molecule has 2 aromatic rings. The van der Waals surface area contributed by atoms with Gasteiger partial charge in [-0.05, 0) is 41.5 Å². The summed E-state index contributed by atoms with van der Waals surface area (Å²) in [5.74, 6) is 0.143. The van der Waals surface area contributed by atoms with Gasteiger partial charge in [0.2, 0.25) is 0 Å². The zero-order valence-electron chi connectivity index (χ0n) is 14.1. The van der Waals surface area contributed by atoms with Crippen molar-refractivity contribution in [2.45, 2.75) is 38.1 Å². The number of hydrogen-bond donors (Lipinski definition) is 0. The second-order valence-corrected chi connectivity index (χ2v) is 6.70. The van der Waals surface area contributed by atoms with Crippen LogP contribution in [0.5, 0.6) is 0 Å². The van der Waals surface area contributed by atoms with E-state index in [2.05, 4.69) is 55.5 Å². The average Bonchev–Trinajstić information content (AvgIpc) is 3.22. The zero-order valence-corrected chi connectivity index (χ0v) is 14.1. The van der Waals surface area contributed by atoms with E-state index in [1.807, 2.05) is 4.90 Å². The van der Waals surface area contributed by atoms with Gasteiger partial charge in [-0.2, -0.15) is 0 Å². The highest BCUT2D eigenvalue weighted by molar-refractivity contribution is 5.79. The van der Waals surface area contributed by atoms with Gasteiger partial charge in [0.05, 0.1) is 0 Å². The van der Waals surface area contributed by atoms with Gasteiger partial charge in [0.15, 0.2) is 0 Å². The molecule has 3 heteroatoms. The van der Waals surface area contributed by atoms with Crippen molar-refractivity contribution in [1.29, 1.82) is 0 Å². The SMILES string of the molecule is CCC1CCCN1C(=O)OCC1c2ccccc2-c2ccccc21. The lowest BCUT2D eigenvalue weighted by molar-refractivity contribution is 0.0950. The number of carbonyl (C=O) groups excluding carboxylic acids is 1. The number of rotatable bonds is 3. The average molecular weight is 321 g/mol. The van der Waals surface area contributed by atoms with Crippen molar-refractivity contribution in [3.8, 4) is 11.1 Å². The van der Waals surface area contributed by atoms with Crippen LogP contribution in [0.4, 0.5) is 4.79 Å². The molecule has 24 heavy (non-hydrogen) atoms. The lowest BCUT2D eigenvalue weighted by atomic mass is 9.98. The number of nitrogens with zero attached hydrogens (tertiary/aromatic N) is 1. The third kappa shape index (κ3) is 2.48. The van der Waals surface area contributed by atoms with Crippen molar-refractivity contribution in [3.05, 3.63) is 59.7 Å². The minimum absolute atomic E-state index is 0.143. The predicted octanol–water partition coefficient (Wildman–Crippen LogP) is 4.81. The molecule has 124 valence electrons. The Labute approximate surface area is 143 Å². The summed E-state index contributed by atoms with van der Waals surface area (Å²) in [5.41, 5.74) is 5.06. The molecule has 0 aromatic heterocycles. The van der Waals surface area contributed by atoms with E-state index in [0.29, 0.717) is 12.6 Å². The maximum Gasteiger partial charge on any atom is 0.410 e. The number of amides is 1. The molecule has 3 nitrogen and oxygen atoms in total. The maximum absolute atomic E-state index is 12.5. The Kier molecular flexibility index (Phi) is 4.01. The summed E-state index contributed by atoms with van der Waals surface area (Å²) < 4.78 is 5.74. The summed E-state index contributed by atoms with van der Waals surface area (Å²) in [5, 5.41) is 0. The van der Waals surface area contributed by atoms with Gasteiger partial charge in [0.25, 0.3) is 0 Å². The summed E-state index contributed by atoms with van der Waals surface area (Å²) in [7, 11) is 0. The molecule has 4 rings (SSSR count). The molecule has 1 aliphatic heterocycles. The highest BCUT2D eigenvalue weighted by Crippen LogP contribution is 2.44. The third-order valence-corrected chi connectivity index (χ3v) is 5.42. The second kappa shape index (κ2) is 6.31. The van der Waals surface area contributed by atoms with Gasteiger partial charge in [-0.1, -0.05) is 55.5 Å². The summed E-state index contributed by atoms with van der Waals surface area (Å²) in [6.45, 7) is 3.38. The van der Waals surface area contributed by atoms with E-state index < -0.39 is 0 Å². The Morgan fingerprint density at radius 3 is 2.33 bits per heavy atom. The fraction of sp³-hybridized carbons (Fsp3) is 0.381. The molecule has 1 saturated heterocycles. The molecule has 1 unspecified atom stereocenters. The van der Waals surface area contributed by atoms with E-state index >= 15 is 0 Å². The lowest BCUT2D eigenvalue weighted by Crippen LogP contribution is -2.36. The lowest BCUT2D eigenvalue weighted by Gasteiger charge is -2.24. The third-order valence-electron chi connectivity index (χ3n) is 5.42. The van der Waals surface area contributed by atoms with Crippen molar-refractivity contribution in [2.24, 2.45) is 0 Å². The van der Waals surface area contributed by atoms with E-state index in [1.165, 1.54) is 22.3 Å². The molecule has 1 amide bonds. The second-order valence-electron chi connectivity index (χ2n) is 6.70. The van der Waals surface area contributed by atoms with Gasteiger partial charge < -0.3 is 9.64 Å². The van der Waals surface area contributed by atoms with E-state index in [9.17, 15) is 4.79 Å². The van der Waals surface area contributed by atoms with Crippen molar-refractivity contribution >= 4 is 6.09 Å². The minimum Gasteiger partial charge on any atom is -0.448 e. The first-order valence-electron chi connectivity index (χ1n) is 8.91. The highest BCUT2D eigenvalue weighted by atomic mass is 16.6. The Morgan fingerprint density at radius 1 is 1.08 bits per heavy atom. The van der Waals surface area contributed by atoms with E-state index in [4.69, 9.17) is 4.74 Å². The van der Waals surface area contributed by atoms with E-state index in [1.54, 1.807) is 0 Å². The molecule has 0 bridgehead atoms. The molecule has 0 radical (unpaired) electrons. The molecule has 0 N–H and O–H groups in total. The highest BCUT2D eigenvalue weighted by Gasteiger charge is 2.32. The summed E-state index contributed by atoms with van der Waals surface area (Å²) in [4.78, 5) is 14.4. The molecule has 0 saturated carbocycles. The Bertz CT molecular complexity index is 710. The summed E-state index contributed by atoms with van der Waals surface area (Å²) in [6.07, 6.45) is 3.04. The Balaban J connectivity index is 1.54. The van der Waals surface area contributed by atoms with Crippen LogP contribution in [0.1, 0.15) is 43.2 Å². The maximum atomic E-state index is 12.5. The quantitative estimate of drug-likeness (QED) is 0.812. The monoisotopic (exact) mass is 321 g/mol. The smallest absolute Gasteiger partial charge is 0.410 e.